The number of aromatic amines is 1. The number of ether oxygens (including phenoxy) is 3. The van der Waals surface area contributed by atoms with Crippen LogP contribution in [0.25, 0.3) is 10.9 Å². The van der Waals surface area contributed by atoms with Gasteiger partial charge in [0.25, 0.3) is 0 Å². The molecular formula is C51H69N9O10. The number of H-pyrrole nitrogens is 1. The number of carbonyl (C=O) groups is 7. The second-order valence-electron chi connectivity index (χ2n) is 19.2. The largest absolute Gasteiger partial charge is 0.444 e. The van der Waals surface area contributed by atoms with Crippen LogP contribution in [-0.2, 0) is 46.2 Å². The highest BCUT2D eigenvalue weighted by Crippen LogP contribution is 2.25. The summed E-state index contributed by atoms with van der Waals surface area (Å²) in [6.45, 7) is 11.1. The number of nitrogens with one attached hydrogen (secondary N) is 7. The highest BCUT2D eigenvalue weighted by Gasteiger charge is 2.44. The number of fused-ring (bicyclic) bond motifs is 1. The number of nitrogens with zero attached hydrogens (tertiary/aromatic N) is 1. The van der Waals surface area contributed by atoms with E-state index >= 15 is 0 Å². The van der Waals surface area contributed by atoms with Gasteiger partial charge in [0, 0.05) is 56.1 Å². The fourth-order valence-corrected chi connectivity index (χ4v) is 7.81. The van der Waals surface area contributed by atoms with E-state index in [1.165, 1.54) is 4.90 Å². The van der Waals surface area contributed by atoms with Crippen molar-refractivity contribution in [1.29, 1.82) is 0 Å². The highest BCUT2D eigenvalue weighted by molar-refractivity contribution is 5.96. The van der Waals surface area contributed by atoms with Crippen molar-refractivity contribution in [2.24, 2.45) is 5.73 Å². The number of para-hydroxylation sites is 1. The van der Waals surface area contributed by atoms with Gasteiger partial charge in [0.05, 0.1) is 12.6 Å². The number of unbranched alkanes of at least 4 members (excludes halogenated alkanes) is 2. The minimum absolute atomic E-state index is 0.00158. The molecule has 19 heteroatoms. The van der Waals surface area contributed by atoms with Gasteiger partial charge in [0.2, 0.25) is 23.6 Å². The first kappa shape index (κ1) is 53.8. The van der Waals surface area contributed by atoms with Crippen molar-refractivity contribution in [3.8, 4) is 0 Å². The molecule has 7 amide bonds. The predicted octanol–water partition coefficient (Wildman–Crippen LogP) is 4.65. The van der Waals surface area contributed by atoms with Gasteiger partial charge in [-0.2, -0.15) is 0 Å². The van der Waals surface area contributed by atoms with Gasteiger partial charge in [0.15, 0.2) is 0 Å². The van der Waals surface area contributed by atoms with Gasteiger partial charge in [-0.1, -0.05) is 78.9 Å². The Bertz CT molecular complexity index is 2380. The smallest absolute Gasteiger partial charge is 0.407 e. The van der Waals surface area contributed by atoms with E-state index in [-0.39, 0.29) is 38.9 Å². The lowest BCUT2D eigenvalue weighted by molar-refractivity contribution is -0.140. The predicted molar refractivity (Wildman–Crippen MR) is 263 cm³/mol. The van der Waals surface area contributed by atoms with E-state index in [2.05, 4.69) is 36.9 Å². The van der Waals surface area contributed by atoms with Crippen LogP contribution in [0.4, 0.5) is 14.4 Å². The van der Waals surface area contributed by atoms with Crippen LogP contribution in [0.3, 0.4) is 0 Å². The molecule has 19 nitrogen and oxygen atoms in total. The van der Waals surface area contributed by atoms with Gasteiger partial charge in [-0.15, -0.1) is 0 Å². The van der Waals surface area contributed by atoms with Crippen LogP contribution in [0, 0.1) is 0 Å². The third kappa shape index (κ3) is 17.4. The fourth-order valence-electron chi connectivity index (χ4n) is 7.81. The Morgan fingerprint density at radius 2 is 1.24 bits per heavy atom. The van der Waals surface area contributed by atoms with Crippen LogP contribution >= 0.6 is 0 Å². The number of hydrogen-bond acceptors (Lipinski definition) is 11. The Balaban J connectivity index is 1.30. The average molecular weight is 968 g/mol. The number of carbonyl (C=O) groups excluding carboxylic acids is 7. The first-order valence-electron chi connectivity index (χ1n) is 23.7. The van der Waals surface area contributed by atoms with E-state index in [4.69, 9.17) is 19.9 Å². The minimum Gasteiger partial charge on any atom is -0.444 e. The number of likely N-dealkylation sites (tertiary alicyclic amines) is 1. The molecule has 2 heterocycles. The van der Waals surface area contributed by atoms with Crippen molar-refractivity contribution < 1.29 is 47.8 Å². The normalized spacial score (nSPS) is 16.0. The van der Waals surface area contributed by atoms with Crippen LogP contribution in [-0.4, -0.2) is 120 Å². The lowest BCUT2D eigenvalue weighted by atomic mass is 10.0. The molecule has 1 aliphatic heterocycles. The van der Waals surface area contributed by atoms with Crippen molar-refractivity contribution in [1.82, 2.24) is 41.8 Å². The summed E-state index contributed by atoms with van der Waals surface area (Å²) in [5.41, 5.74) is 8.01. The van der Waals surface area contributed by atoms with E-state index < -0.39 is 83.4 Å². The summed E-state index contributed by atoms with van der Waals surface area (Å²) >= 11 is 0. The van der Waals surface area contributed by atoms with Crippen molar-refractivity contribution in [2.75, 3.05) is 32.7 Å². The quantitative estimate of drug-likeness (QED) is 0.0421. The molecule has 1 aliphatic rings. The summed E-state index contributed by atoms with van der Waals surface area (Å²) in [6, 6.07) is 20.6. The summed E-state index contributed by atoms with van der Waals surface area (Å²) in [5, 5.41) is 17.4. The van der Waals surface area contributed by atoms with E-state index in [9.17, 15) is 33.6 Å². The third-order valence-corrected chi connectivity index (χ3v) is 11.0. The minimum atomic E-state index is -1.33. The van der Waals surface area contributed by atoms with E-state index in [0.717, 1.165) is 22.0 Å². The summed E-state index contributed by atoms with van der Waals surface area (Å²) in [6.07, 6.45) is 0.956. The molecule has 1 saturated heterocycles. The molecule has 0 spiro atoms. The molecule has 4 aromatic rings. The van der Waals surface area contributed by atoms with Crippen molar-refractivity contribution >= 4 is 52.8 Å². The van der Waals surface area contributed by atoms with Crippen molar-refractivity contribution in [3.05, 3.63) is 108 Å². The van der Waals surface area contributed by atoms with Crippen LogP contribution in [0.1, 0.15) is 90.0 Å². The molecule has 5 rings (SSSR count). The number of hydrogen-bond donors (Lipinski definition) is 8. The molecule has 5 atom stereocenters. The zero-order valence-corrected chi connectivity index (χ0v) is 40.9. The molecule has 378 valence electrons. The molecule has 1 fully saturated rings. The molecule has 0 saturated carbocycles. The number of aromatic nitrogens is 1. The molecule has 0 aliphatic carbocycles. The highest BCUT2D eigenvalue weighted by atomic mass is 16.6. The number of benzene rings is 3. The van der Waals surface area contributed by atoms with Crippen molar-refractivity contribution in [2.45, 2.75) is 122 Å². The number of nitrogens with two attached hydrogens (primary N) is 1. The van der Waals surface area contributed by atoms with Crippen molar-refractivity contribution in [3.63, 3.8) is 0 Å². The molecule has 3 aromatic carbocycles. The van der Waals surface area contributed by atoms with Crippen LogP contribution in [0.5, 0.6) is 0 Å². The summed E-state index contributed by atoms with van der Waals surface area (Å²) in [4.78, 5) is 98.8. The van der Waals surface area contributed by atoms with Crippen LogP contribution < -0.4 is 37.6 Å². The zero-order chi connectivity index (χ0) is 50.8. The van der Waals surface area contributed by atoms with E-state index in [0.29, 0.717) is 37.9 Å². The summed E-state index contributed by atoms with van der Waals surface area (Å²) in [7, 11) is 0. The number of amides is 7. The topological polar surface area (TPSA) is 264 Å². The summed E-state index contributed by atoms with van der Waals surface area (Å²) < 4.78 is 16.2. The maximum absolute atomic E-state index is 14.6. The first-order valence-corrected chi connectivity index (χ1v) is 23.7. The van der Waals surface area contributed by atoms with Gasteiger partial charge in [-0.05, 0) is 90.0 Å². The molecule has 9 N–H and O–H groups in total. The monoisotopic (exact) mass is 968 g/mol. The van der Waals surface area contributed by atoms with E-state index in [1.807, 2.05) is 54.6 Å². The second kappa shape index (κ2) is 25.5. The molecular weight excluding hydrogens is 899 g/mol. The Hall–Kier alpha value is -7.15. The standard InChI is InChI=1S/C51H69N9O10/c1-50(2,3)69-48(66)54-25-17-9-16-24-53-43(61)40(29-35-31-57-39-23-15-14-22-37(35)39)58-45(63)42(34-20-12-8-13-21-34)59-44(62)41-30-36(68-47(65)55-26-27-56-49(67)70-51(4,5)6)32-60(41)46(64)38(52)28-33-18-10-7-11-19-33/h7-8,10-15,18-23,31,36,38,40-42,57H,9,16-17,24-30,32,52H2,1-6H3,(H,53,61)(H,54,66)(H,55,65)(H,56,67)(H,58,63)(H,59,62)/t36-,38+,40-,41+,42+/m1/s1. The Morgan fingerprint density at radius 1 is 0.671 bits per heavy atom. The lowest BCUT2D eigenvalue weighted by Gasteiger charge is -2.29. The zero-order valence-electron chi connectivity index (χ0n) is 40.9. The molecule has 1 aromatic heterocycles. The van der Waals surface area contributed by atoms with E-state index in [1.54, 1.807) is 78.1 Å². The van der Waals surface area contributed by atoms with Gasteiger partial charge in [-0.3, -0.25) is 19.2 Å². The maximum Gasteiger partial charge on any atom is 0.407 e. The molecule has 0 unspecified atom stereocenters. The Kier molecular flexibility index (Phi) is 19.6. The Morgan fingerprint density at radius 3 is 1.89 bits per heavy atom. The van der Waals surface area contributed by atoms with Gasteiger partial charge in [-0.25, -0.2) is 14.4 Å². The average Bonchev–Trinajstić information content (AvgIpc) is 3.92. The first-order chi connectivity index (χ1) is 33.3. The SMILES string of the molecule is CC(C)(C)OC(=O)NCCCCCNC(=O)[C@@H](Cc1c[nH]c2ccccc12)NC(=O)[C@@H](NC(=O)[C@@H]1C[C@@H](OC(=O)NCCNC(=O)OC(C)(C)C)CN1C(=O)[C@@H](N)Cc1ccccc1)c1ccccc1. The Labute approximate surface area is 409 Å². The maximum atomic E-state index is 14.6. The van der Waals surface area contributed by atoms with Gasteiger partial charge < -0.3 is 61.7 Å². The molecule has 0 radical (unpaired) electrons. The molecule has 70 heavy (non-hydrogen) atoms. The lowest BCUT2D eigenvalue weighted by Crippen LogP contribution is -2.55. The number of rotatable bonds is 21. The number of alkyl carbamates (subject to hydrolysis) is 3. The fraction of sp³-hybridized carbons (Fsp3) is 0.471. The third-order valence-electron chi connectivity index (χ3n) is 11.0. The summed E-state index contributed by atoms with van der Waals surface area (Å²) in [5.74, 6) is -2.40. The van der Waals surface area contributed by atoms with Crippen LogP contribution in [0.15, 0.2) is 91.1 Å². The van der Waals surface area contributed by atoms with Crippen LogP contribution in [0.2, 0.25) is 0 Å². The molecule has 0 bridgehead atoms. The van der Waals surface area contributed by atoms with Gasteiger partial charge in [0.1, 0.15) is 35.4 Å². The van der Waals surface area contributed by atoms with Gasteiger partial charge >= 0.3 is 18.3 Å². The second-order valence-corrected chi connectivity index (χ2v) is 19.2.